The van der Waals surface area contributed by atoms with Crippen molar-refractivity contribution in [2.45, 2.75) is 32.3 Å². The summed E-state index contributed by atoms with van der Waals surface area (Å²) in [5.41, 5.74) is 6.48. The number of nitrogens with two attached hydrogens (primary N) is 1. The molecule has 0 radical (unpaired) electrons. The molecule has 106 valence electrons. The minimum absolute atomic E-state index is 0.107. The first kappa shape index (κ1) is 15.7. The number of carbonyl (C=O) groups excluding carboxylic acids is 1. The van der Waals surface area contributed by atoms with Crippen molar-refractivity contribution >= 4 is 11.6 Å². The summed E-state index contributed by atoms with van der Waals surface area (Å²) in [6.07, 6.45) is 2.15. The molecule has 0 aliphatic rings. The van der Waals surface area contributed by atoms with Crippen molar-refractivity contribution in [1.29, 1.82) is 0 Å². The third-order valence-electron chi connectivity index (χ3n) is 3.12. The van der Waals surface area contributed by atoms with Crippen LogP contribution in [0.2, 0.25) is 0 Å². The second-order valence-corrected chi connectivity index (χ2v) is 4.61. The fourth-order valence-electron chi connectivity index (χ4n) is 1.83. The largest absolute Gasteiger partial charge is 0.382 e. The predicted octanol–water partition coefficient (Wildman–Crippen LogP) is 2.18. The number of nitrogens with zero attached hydrogens (tertiary/aromatic N) is 1. The fourth-order valence-corrected chi connectivity index (χ4v) is 1.83. The van der Waals surface area contributed by atoms with Crippen LogP contribution in [0.15, 0.2) is 30.3 Å². The molecule has 0 aliphatic carbocycles. The number of carbonyl (C=O) groups is 1. The highest BCUT2D eigenvalue weighted by Gasteiger charge is 2.15. The number of hydrogen-bond donors (Lipinski definition) is 1. The van der Waals surface area contributed by atoms with Crippen LogP contribution in [0.1, 0.15) is 26.2 Å². The number of amides is 1. The Morgan fingerprint density at radius 1 is 1.37 bits per heavy atom. The minimum Gasteiger partial charge on any atom is -0.382 e. The SMILES string of the molecule is COC(C)CCC(=O)N(CCCN)c1ccccc1. The Kier molecular flexibility index (Phi) is 7.15. The third kappa shape index (κ3) is 5.41. The van der Waals surface area contributed by atoms with E-state index in [1.165, 1.54) is 0 Å². The monoisotopic (exact) mass is 264 g/mol. The smallest absolute Gasteiger partial charge is 0.227 e. The highest BCUT2D eigenvalue weighted by molar-refractivity contribution is 5.93. The van der Waals surface area contributed by atoms with Crippen LogP contribution in [0.3, 0.4) is 0 Å². The first-order chi connectivity index (χ1) is 9.19. The van der Waals surface area contributed by atoms with Gasteiger partial charge in [-0.15, -0.1) is 0 Å². The second kappa shape index (κ2) is 8.67. The van der Waals surface area contributed by atoms with E-state index in [0.29, 0.717) is 19.5 Å². The normalized spacial score (nSPS) is 12.2. The van der Waals surface area contributed by atoms with Gasteiger partial charge in [-0.3, -0.25) is 4.79 Å². The van der Waals surface area contributed by atoms with Gasteiger partial charge in [-0.05, 0) is 38.4 Å². The number of ether oxygens (including phenoxy) is 1. The van der Waals surface area contributed by atoms with E-state index in [-0.39, 0.29) is 12.0 Å². The van der Waals surface area contributed by atoms with Gasteiger partial charge in [0.05, 0.1) is 6.10 Å². The van der Waals surface area contributed by atoms with E-state index in [1.54, 1.807) is 7.11 Å². The summed E-state index contributed by atoms with van der Waals surface area (Å²) in [5, 5.41) is 0. The van der Waals surface area contributed by atoms with Crippen molar-refractivity contribution in [2.24, 2.45) is 5.73 Å². The van der Waals surface area contributed by atoms with Gasteiger partial charge in [-0.25, -0.2) is 0 Å². The molecule has 1 atom stereocenters. The fraction of sp³-hybridized carbons (Fsp3) is 0.533. The lowest BCUT2D eigenvalue weighted by molar-refractivity contribution is -0.119. The zero-order valence-electron chi connectivity index (χ0n) is 11.8. The highest BCUT2D eigenvalue weighted by Crippen LogP contribution is 2.16. The first-order valence-electron chi connectivity index (χ1n) is 6.77. The quantitative estimate of drug-likeness (QED) is 0.783. The van der Waals surface area contributed by atoms with Gasteiger partial charge in [-0.1, -0.05) is 18.2 Å². The van der Waals surface area contributed by atoms with E-state index in [0.717, 1.165) is 18.5 Å². The Bertz CT molecular complexity index is 368. The van der Waals surface area contributed by atoms with Crippen LogP contribution < -0.4 is 10.6 Å². The number of methoxy groups -OCH3 is 1. The molecule has 19 heavy (non-hydrogen) atoms. The van der Waals surface area contributed by atoms with E-state index in [9.17, 15) is 4.79 Å². The number of hydrogen-bond acceptors (Lipinski definition) is 3. The average molecular weight is 264 g/mol. The van der Waals surface area contributed by atoms with Crippen LogP contribution in [-0.4, -0.2) is 32.2 Å². The lowest BCUT2D eigenvalue weighted by Crippen LogP contribution is -2.33. The molecule has 1 amide bonds. The molecule has 2 N–H and O–H groups in total. The molecule has 4 nitrogen and oxygen atoms in total. The standard InChI is InChI=1S/C15H24N2O2/c1-13(19-2)9-10-15(18)17(12-6-11-16)14-7-4-3-5-8-14/h3-5,7-8,13H,6,9-12,16H2,1-2H3. The maximum Gasteiger partial charge on any atom is 0.227 e. The minimum atomic E-state index is 0.107. The molecular weight excluding hydrogens is 240 g/mol. The van der Waals surface area contributed by atoms with Gasteiger partial charge in [0.15, 0.2) is 0 Å². The van der Waals surface area contributed by atoms with Crippen LogP contribution in [0, 0.1) is 0 Å². The van der Waals surface area contributed by atoms with Crippen molar-refractivity contribution in [3.63, 3.8) is 0 Å². The van der Waals surface area contributed by atoms with Gasteiger partial charge in [-0.2, -0.15) is 0 Å². The maximum absolute atomic E-state index is 12.3. The Balaban J connectivity index is 2.65. The van der Waals surface area contributed by atoms with E-state index in [2.05, 4.69) is 0 Å². The van der Waals surface area contributed by atoms with Gasteiger partial charge in [0.2, 0.25) is 5.91 Å². The van der Waals surface area contributed by atoms with Crippen molar-refractivity contribution in [2.75, 3.05) is 25.1 Å². The molecule has 0 saturated carbocycles. The summed E-state index contributed by atoms with van der Waals surface area (Å²) < 4.78 is 5.18. The molecule has 0 aliphatic heterocycles. The van der Waals surface area contributed by atoms with Crippen LogP contribution in [0.5, 0.6) is 0 Å². The highest BCUT2D eigenvalue weighted by atomic mass is 16.5. The van der Waals surface area contributed by atoms with Crippen LogP contribution >= 0.6 is 0 Å². The molecule has 0 heterocycles. The molecule has 1 rings (SSSR count). The summed E-state index contributed by atoms with van der Waals surface area (Å²) in [7, 11) is 1.67. The zero-order valence-corrected chi connectivity index (χ0v) is 11.8. The Labute approximate surface area is 115 Å². The lowest BCUT2D eigenvalue weighted by atomic mass is 10.2. The number of para-hydroxylation sites is 1. The van der Waals surface area contributed by atoms with Crippen molar-refractivity contribution in [1.82, 2.24) is 0 Å². The van der Waals surface area contributed by atoms with Gasteiger partial charge >= 0.3 is 0 Å². The molecule has 0 fully saturated rings. The molecule has 0 bridgehead atoms. The summed E-state index contributed by atoms with van der Waals surface area (Å²) in [6.45, 7) is 3.23. The first-order valence-corrected chi connectivity index (χ1v) is 6.77. The molecular formula is C15H24N2O2. The topological polar surface area (TPSA) is 55.6 Å². The number of rotatable bonds is 8. The van der Waals surface area contributed by atoms with Gasteiger partial charge in [0, 0.05) is 25.8 Å². The summed E-state index contributed by atoms with van der Waals surface area (Å²) in [6, 6.07) is 9.73. The van der Waals surface area contributed by atoms with Crippen LogP contribution in [-0.2, 0) is 9.53 Å². The molecule has 0 aromatic heterocycles. The summed E-state index contributed by atoms with van der Waals surface area (Å²) >= 11 is 0. The Hall–Kier alpha value is -1.39. The van der Waals surface area contributed by atoms with E-state index >= 15 is 0 Å². The van der Waals surface area contributed by atoms with Crippen LogP contribution in [0.25, 0.3) is 0 Å². The molecule has 1 aromatic carbocycles. The van der Waals surface area contributed by atoms with E-state index in [1.807, 2.05) is 42.2 Å². The number of benzene rings is 1. The van der Waals surface area contributed by atoms with Crippen molar-refractivity contribution in [3.8, 4) is 0 Å². The molecule has 0 spiro atoms. The van der Waals surface area contributed by atoms with Crippen molar-refractivity contribution in [3.05, 3.63) is 30.3 Å². The third-order valence-corrected chi connectivity index (χ3v) is 3.12. The summed E-state index contributed by atoms with van der Waals surface area (Å²) in [4.78, 5) is 14.1. The van der Waals surface area contributed by atoms with Crippen molar-refractivity contribution < 1.29 is 9.53 Å². The van der Waals surface area contributed by atoms with Gasteiger partial charge in [0.1, 0.15) is 0 Å². The molecule has 1 aromatic rings. The molecule has 4 heteroatoms. The lowest BCUT2D eigenvalue weighted by Gasteiger charge is -2.23. The molecule has 0 saturated heterocycles. The Morgan fingerprint density at radius 3 is 2.63 bits per heavy atom. The molecule has 1 unspecified atom stereocenters. The van der Waals surface area contributed by atoms with E-state index in [4.69, 9.17) is 10.5 Å². The van der Waals surface area contributed by atoms with Gasteiger partial charge < -0.3 is 15.4 Å². The predicted molar refractivity (Wildman–Crippen MR) is 78.2 cm³/mol. The second-order valence-electron chi connectivity index (χ2n) is 4.61. The van der Waals surface area contributed by atoms with Gasteiger partial charge in [0.25, 0.3) is 0 Å². The summed E-state index contributed by atoms with van der Waals surface area (Å²) in [5.74, 6) is 0.128. The Morgan fingerprint density at radius 2 is 2.05 bits per heavy atom. The maximum atomic E-state index is 12.3. The van der Waals surface area contributed by atoms with E-state index < -0.39 is 0 Å². The zero-order chi connectivity index (χ0) is 14.1. The number of anilines is 1. The van der Waals surface area contributed by atoms with Crippen LogP contribution in [0.4, 0.5) is 5.69 Å². The average Bonchev–Trinajstić information content (AvgIpc) is 2.46.